The summed E-state index contributed by atoms with van der Waals surface area (Å²) < 4.78 is 25.9. The van der Waals surface area contributed by atoms with Gasteiger partial charge in [-0.25, -0.2) is 12.7 Å². The predicted molar refractivity (Wildman–Crippen MR) is 69.3 cm³/mol. The van der Waals surface area contributed by atoms with Crippen molar-refractivity contribution in [1.29, 1.82) is 0 Å². The highest BCUT2D eigenvalue weighted by Gasteiger charge is 2.36. The first-order valence-electron chi connectivity index (χ1n) is 6.64. The van der Waals surface area contributed by atoms with Crippen LogP contribution in [0.2, 0.25) is 0 Å². The van der Waals surface area contributed by atoms with Gasteiger partial charge < -0.3 is 5.32 Å². The van der Waals surface area contributed by atoms with Gasteiger partial charge in [-0.15, -0.1) is 0 Å². The molecule has 17 heavy (non-hydrogen) atoms. The van der Waals surface area contributed by atoms with Gasteiger partial charge in [0.2, 0.25) is 10.0 Å². The molecular weight excluding hydrogens is 236 g/mol. The van der Waals surface area contributed by atoms with Gasteiger partial charge in [-0.05, 0) is 50.1 Å². The van der Waals surface area contributed by atoms with Crippen LogP contribution in [0.4, 0.5) is 0 Å². The van der Waals surface area contributed by atoms with Crippen LogP contribution < -0.4 is 5.32 Å². The second-order valence-electron chi connectivity index (χ2n) is 5.74. The zero-order valence-corrected chi connectivity index (χ0v) is 11.7. The van der Waals surface area contributed by atoms with E-state index in [9.17, 15) is 8.42 Å². The number of rotatable bonds is 5. The summed E-state index contributed by atoms with van der Waals surface area (Å²) in [5, 5.41) is 3.27. The predicted octanol–water partition coefficient (Wildman–Crippen LogP) is 0.904. The second-order valence-corrected chi connectivity index (χ2v) is 7.87. The normalized spacial score (nSPS) is 33.9. The van der Waals surface area contributed by atoms with Crippen molar-refractivity contribution in [2.24, 2.45) is 17.8 Å². The van der Waals surface area contributed by atoms with Crippen molar-refractivity contribution in [1.82, 2.24) is 9.62 Å². The standard InChI is InChI=1S/C12H24N2O2S/c1-10-6-12(10)8-14(2)17(15,16)9-11-4-3-5-13-7-11/h10-13H,3-9H2,1-2H3. The molecule has 0 bridgehead atoms. The molecule has 1 aliphatic carbocycles. The van der Waals surface area contributed by atoms with Gasteiger partial charge in [0.05, 0.1) is 5.75 Å². The highest BCUT2D eigenvalue weighted by atomic mass is 32.2. The van der Waals surface area contributed by atoms with Crippen molar-refractivity contribution in [2.75, 3.05) is 32.4 Å². The Labute approximate surface area is 105 Å². The number of sulfonamides is 1. The maximum absolute atomic E-state index is 12.2. The molecule has 1 N–H and O–H groups in total. The summed E-state index contributed by atoms with van der Waals surface area (Å²) in [6, 6.07) is 0. The van der Waals surface area contributed by atoms with Crippen LogP contribution >= 0.6 is 0 Å². The van der Waals surface area contributed by atoms with Crippen LogP contribution in [0.5, 0.6) is 0 Å². The average molecular weight is 260 g/mol. The largest absolute Gasteiger partial charge is 0.316 e. The van der Waals surface area contributed by atoms with Crippen LogP contribution in [0.1, 0.15) is 26.2 Å². The zero-order valence-electron chi connectivity index (χ0n) is 10.9. The molecule has 3 atom stereocenters. The minimum atomic E-state index is -3.05. The lowest BCUT2D eigenvalue weighted by Gasteiger charge is -2.25. The highest BCUT2D eigenvalue weighted by Crippen LogP contribution is 2.38. The lowest BCUT2D eigenvalue weighted by Crippen LogP contribution is -2.39. The fraction of sp³-hybridized carbons (Fsp3) is 1.00. The van der Waals surface area contributed by atoms with E-state index in [0.29, 0.717) is 30.1 Å². The Morgan fingerprint density at radius 3 is 2.65 bits per heavy atom. The molecule has 3 unspecified atom stereocenters. The van der Waals surface area contributed by atoms with Crippen molar-refractivity contribution in [3.05, 3.63) is 0 Å². The van der Waals surface area contributed by atoms with E-state index in [0.717, 1.165) is 25.9 Å². The summed E-state index contributed by atoms with van der Waals surface area (Å²) in [4.78, 5) is 0. The molecule has 4 nitrogen and oxygen atoms in total. The molecule has 100 valence electrons. The molecule has 0 amide bonds. The Hall–Kier alpha value is -0.130. The third-order valence-corrected chi connectivity index (χ3v) is 6.08. The maximum Gasteiger partial charge on any atom is 0.214 e. The third-order valence-electron chi connectivity index (χ3n) is 4.09. The van der Waals surface area contributed by atoms with Crippen LogP contribution in [0.3, 0.4) is 0 Å². The van der Waals surface area contributed by atoms with E-state index in [1.807, 2.05) is 0 Å². The summed E-state index contributed by atoms with van der Waals surface area (Å²) in [6.45, 7) is 4.79. The molecule has 0 aromatic heterocycles. The zero-order chi connectivity index (χ0) is 12.5. The van der Waals surface area contributed by atoms with Crippen LogP contribution in [0.15, 0.2) is 0 Å². The first-order valence-corrected chi connectivity index (χ1v) is 8.24. The fourth-order valence-electron chi connectivity index (χ4n) is 2.59. The Balaban J connectivity index is 1.83. The summed E-state index contributed by atoms with van der Waals surface area (Å²) >= 11 is 0. The SMILES string of the molecule is CC1CC1CN(C)S(=O)(=O)CC1CCCNC1. The summed E-state index contributed by atoms with van der Waals surface area (Å²) in [5.74, 6) is 1.92. The van der Waals surface area contributed by atoms with Crippen molar-refractivity contribution < 1.29 is 8.42 Å². The Bertz CT molecular complexity index is 350. The molecular formula is C12H24N2O2S. The van der Waals surface area contributed by atoms with Gasteiger partial charge in [0, 0.05) is 13.6 Å². The lowest BCUT2D eigenvalue weighted by atomic mass is 10.0. The van der Waals surface area contributed by atoms with Crippen LogP contribution in [-0.4, -0.2) is 45.2 Å². The molecule has 2 aliphatic rings. The third kappa shape index (κ3) is 3.66. The molecule has 0 aromatic rings. The average Bonchev–Trinajstić information content (AvgIpc) is 2.95. The van der Waals surface area contributed by atoms with Crippen LogP contribution in [-0.2, 0) is 10.0 Å². The molecule has 1 heterocycles. The van der Waals surface area contributed by atoms with Gasteiger partial charge in [0.1, 0.15) is 0 Å². The fourth-order valence-corrected chi connectivity index (χ4v) is 4.14. The highest BCUT2D eigenvalue weighted by molar-refractivity contribution is 7.89. The second kappa shape index (κ2) is 5.24. The van der Waals surface area contributed by atoms with Crippen LogP contribution in [0.25, 0.3) is 0 Å². The number of hydrogen-bond acceptors (Lipinski definition) is 3. The van der Waals surface area contributed by atoms with E-state index in [4.69, 9.17) is 0 Å². The van der Waals surface area contributed by atoms with Gasteiger partial charge in [-0.2, -0.15) is 0 Å². The number of hydrogen-bond donors (Lipinski definition) is 1. The first kappa shape index (κ1) is 13.3. The molecule has 0 radical (unpaired) electrons. The number of nitrogens with zero attached hydrogens (tertiary/aromatic N) is 1. The molecule has 5 heteroatoms. The topological polar surface area (TPSA) is 49.4 Å². The number of piperidine rings is 1. The first-order chi connectivity index (χ1) is 7.99. The van der Waals surface area contributed by atoms with Gasteiger partial charge in [-0.1, -0.05) is 6.92 Å². The van der Waals surface area contributed by atoms with Crippen molar-refractivity contribution in [2.45, 2.75) is 26.2 Å². The molecule has 2 fully saturated rings. The molecule has 0 spiro atoms. The van der Waals surface area contributed by atoms with Gasteiger partial charge in [-0.3, -0.25) is 0 Å². The molecule has 1 saturated heterocycles. The van der Waals surface area contributed by atoms with Gasteiger partial charge >= 0.3 is 0 Å². The van der Waals surface area contributed by atoms with E-state index in [1.165, 1.54) is 6.42 Å². The van der Waals surface area contributed by atoms with Crippen LogP contribution in [0, 0.1) is 17.8 Å². The van der Waals surface area contributed by atoms with Crippen molar-refractivity contribution >= 4 is 10.0 Å². The Morgan fingerprint density at radius 2 is 2.12 bits per heavy atom. The summed E-state index contributed by atoms with van der Waals surface area (Å²) in [6.07, 6.45) is 3.33. The lowest BCUT2D eigenvalue weighted by molar-refractivity contribution is 0.388. The molecule has 0 aromatic carbocycles. The Kier molecular flexibility index (Phi) is 4.10. The Morgan fingerprint density at radius 1 is 1.41 bits per heavy atom. The number of nitrogens with one attached hydrogen (secondary N) is 1. The van der Waals surface area contributed by atoms with Crippen molar-refractivity contribution in [3.8, 4) is 0 Å². The van der Waals surface area contributed by atoms with Gasteiger partial charge in [0.15, 0.2) is 0 Å². The molecule has 1 aliphatic heterocycles. The van der Waals surface area contributed by atoms with Gasteiger partial charge in [0.25, 0.3) is 0 Å². The molecule has 2 rings (SSSR count). The monoisotopic (exact) mass is 260 g/mol. The van der Waals surface area contributed by atoms with E-state index < -0.39 is 10.0 Å². The minimum absolute atomic E-state index is 0.299. The van der Waals surface area contributed by atoms with Crippen molar-refractivity contribution in [3.63, 3.8) is 0 Å². The van der Waals surface area contributed by atoms with E-state index >= 15 is 0 Å². The maximum atomic E-state index is 12.2. The van der Waals surface area contributed by atoms with E-state index in [2.05, 4.69) is 12.2 Å². The van der Waals surface area contributed by atoms with E-state index in [-0.39, 0.29) is 0 Å². The smallest absolute Gasteiger partial charge is 0.214 e. The molecule has 1 saturated carbocycles. The summed E-state index contributed by atoms with van der Waals surface area (Å²) in [7, 11) is -1.31. The minimum Gasteiger partial charge on any atom is -0.316 e. The quantitative estimate of drug-likeness (QED) is 0.799. The summed E-state index contributed by atoms with van der Waals surface area (Å²) in [5.41, 5.74) is 0. The van der Waals surface area contributed by atoms with E-state index in [1.54, 1.807) is 11.4 Å².